The van der Waals surface area contributed by atoms with Gasteiger partial charge < -0.3 is 9.94 Å². The number of carbonyl (C=O) groups excluding carboxylic acids is 2. The highest BCUT2D eigenvalue weighted by Gasteiger charge is 2.32. The van der Waals surface area contributed by atoms with Gasteiger partial charge in [-0.2, -0.15) is 0 Å². The van der Waals surface area contributed by atoms with Crippen LogP contribution in [0, 0.1) is 0 Å². The minimum atomic E-state index is -1.03. The molecule has 1 N–H and O–H groups in total. The number of carbonyl (C=O) groups is 2. The first kappa shape index (κ1) is 15.5. The second-order valence-corrected chi connectivity index (χ2v) is 5.71. The first-order chi connectivity index (χ1) is 10.1. The maximum atomic E-state index is 11.7. The smallest absolute Gasteiger partial charge is 0.333 e. The number of hydrogen-bond donors (Lipinski definition) is 1. The van der Waals surface area contributed by atoms with E-state index in [4.69, 9.17) is 4.84 Å². The van der Waals surface area contributed by atoms with E-state index in [1.54, 1.807) is 6.20 Å². The fourth-order valence-corrected chi connectivity index (χ4v) is 2.52. The molecule has 7 heteroatoms. The van der Waals surface area contributed by atoms with Crippen molar-refractivity contribution in [1.82, 2.24) is 10.0 Å². The summed E-state index contributed by atoms with van der Waals surface area (Å²) in [4.78, 5) is 32.8. The van der Waals surface area contributed by atoms with Crippen LogP contribution < -0.4 is 0 Å². The van der Waals surface area contributed by atoms with E-state index in [9.17, 15) is 14.7 Å². The van der Waals surface area contributed by atoms with Crippen LogP contribution in [0.25, 0.3) is 0 Å². The van der Waals surface area contributed by atoms with E-state index >= 15 is 0 Å². The van der Waals surface area contributed by atoms with Gasteiger partial charge in [0.15, 0.2) is 6.23 Å². The lowest BCUT2D eigenvalue weighted by molar-refractivity contribution is -0.220. The second kappa shape index (κ2) is 7.24. The Kier molecular flexibility index (Phi) is 5.35. The third-order valence-electron chi connectivity index (χ3n) is 2.83. The zero-order valence-corrected chi connectivity index (χ0v) is 12.2. The predicted octanol–water partition coefficient (Wildman–Crippen LogP) is 1.87. The van der Waals surface area contributed by atoms with Gasteiger partial charge in [0, 0.05) is 19.0 Å². The summed E-state index contributed by atoms with van der Waals surface area (Å²) in [6.45, 7) is 3.87. The Hall–Kier alpha value is -1.86. The number of aliphatic hydroxyl groups excluding tert-OH is 1. The number of hydrogen-bond acceptors (Lipinski definition) is 6. The molecule has 1 amide bonds. The summed E-state index contributed by atoms with van der Waals surface area (Å²) in [6, 6.07) is 5.55. The Morgan fingerprint density at radius 3 is 2.95 bits per heavy atom. The third kappa shape index (κ3) is 4.57. The number of thioether (sulfide) groups is 1. The topological polar surface area (TPSA) is 79.7 Å². The molecule has 0 bridgehead atoms. The van der Waals surface area contributed by atoms with Gasteiger partial charge in [0.2, 0.25) is 0 Å². The van der Waals surface area contributed by atoms with Crippen LogP contribution in [0.1, 0.15) is 25.7 Å². The first-order valence-electron chi connectivity index (χ1n) is 6.54. The molecule has 1 aromatic heterocycles. The van der Waals surface area contributed by atoms with Crippen LogP contribution in [-0.4, -0.2) is 33.3 Å². The molecule has 112 valence electrons. The molecule has 0 radical (unpaired) electrons. The van der Waals surface area contributed by atoms with Crippen molar-refractivity contribution in [3.8, 4) is 0 Å². The molecule has 1 atom stereocenters. The van der Waals surface area contributed by atoms with Crippen LogP contribution in [0.5, 0.6) is 0 Å². The number of aliphatic hydroxyl groups is 1. The van der Waals surface area contributed by atoms with Crippen LogP contribution in [0.2, 0.25) is 0 Å². The van der Waals surface area contributed by atoms with Crippen molar-refractivity contribution < 1.29 is 19.5 Å². The average Bonchev–Trinajstić information content (AvgIpc) is 2.78. The number of hydroxylamine groups is 2. The van der Waals surface area contributed by atoms with Crippen molar-refractivity contribution in [3.05, 3.63) is 35.9 Å². The second-order valence-electron chi connectivity index (χ2n) is 4.51. The summed E-state index contributed by atoms with van der Waals surface area (Å²) in [5.74, 6) is -0.940. The number of allylic oxidation sites excluding steroid dienone is 1. The van der Waals surface area contributed by atoms with Crippen LogP contribution in [0.15, 0.2) is 40.9 Å². The number of rotatable bonds is 6. The summed E-state index contributed by atoms with van der Waals surface area (Å²) in [7, 11) is 0. The average molecular weight is 308 g/mol. The Labute approximate surface area is 126 Å². The van der Waals surface area contributed by atoms with E-state index in [1.807, 2.05) is 18.2 Å². The zero-order chi connectivity index (χ0) is 15.2. The van der Waals surface area contributed by atoms with Gasteiger partial charge in [-0.15, -0.1) is 5.06 Å². The molecule has 6 nitrogen and oxygen atoms in total. The van der Waals surface area contributed by atoms with Gasteiger partial charge in [0.1, 0.15) is 5.03 Å². The van der Waals surface area contributed by atoms with Gasteiger partial charge in [-0.1, -0.05) is 24.4 Å². The van der Waals surface area contributed by atoms with Crippen LogP contribution in [0.4, 0.5) is 0 Å². The van der Waals surface area contributed by atoms with E-state index in [2.05, 4.69) is 11.6 Å². The summed E-state index contributed by atoms with van der Waals surface area (Å²) in [5.41, 5.74) is 0. The number of pyridine rings is 1. The molecular weight excluding hydrogens is 292 g/mol. The van der Waals surface area contributed by atoms with E-state index in [1.165, 1.54) is 11.8 Å². The molecular formula is C14H16N2O4S. The molecule has 1 aromatic rings. The van der Waals surface area contributed by atoms with E-state index < -0.39 is 12.2 Å². The van der Waals surface area contributed by atoms with Crippen molar-refractivity contribution in [2.45, 2.75) is 36.9 Å². The van der Waals surface area contributed by atoms with Crippen molar-refractivity contribution in [2.75, 3.05) is 0 Å². The highest BCUT2D eigenvalue weighted by molar-refractivity contribution is 8.03. The Balaban J connectivity index is 1.74. The normalized spacial score (nSPS) is 17.9. The molecule has 0 spiro atoms. The Morgan fingerprint density at radius 2 is 2.33 bits per heavy atom. The summed E-state index contributed by atoms with van der Waals surface area (Å²) in [5, 5.41) is 11.0. The lowest BCUT2D eigenvalue weighted by Gasteiger charge is -2.18. The molecule has 1 unspecified atom stereocenters. The van der Waals surface area contributed by atoms with Gasteiger partial charge in [-0.05, 0) is 23.5 Å². The van der Waals surface area contributed by atoms with Gasteiger partial charge >= 0.3 is 5.97 Å². The number of amides is 1. The molecule has 1 fully saturated rings. The van der Waals surface area contributed by atoms with Gasteiger partial charge in [0.05, 0.1) is 6.42 Å². The molecule has 0 saturated carbocycles. The molecule has 1 saturated heterocycles. The van der Waals surface area contributed by atoms with E-state index in [-0.39, 0.29) is 25.2 Å². The third-order valence-corrected chi connectivity index (χ3v) is 3.77. The van der Waals surface area contributed by atoms with Crippen LogP contribution in [-0.2, 0) is 14.4 Å². The number of nitrogens with zero attached hydrogens (tertiary/aromatic N) is 2. The monoisotopic (exact) mass is 308 g/mol. The largest absolute Gasteiger partial charge is 0.370 e. The maximum absolute atomic E-state index is 11.7. The molecule has 0 aromatic carbocycles. The zero-order valence-electron chi connectivity index (χ0n) is 11.4. The number of aromatic nitrogens is 1. The molecule has 21 heavy (non-hydrogen) atoms. The minimum Gasteiger partial charge on any atom is -0.370 e. The van der Waals surface area contributed by atoms with Gasteiger partial charge in [-0.25, -0.2) is 9.78 Å². The summed E-state index contributed by atoms with van der Waals surface area (Å²) in [6.07, 6.45) is 1.63. The van der Waals surface area contributed by atoms with Crippen molar-refractivity contribution in [2.24, 2.45) is 0 Å². The van der Waals surface area contributed by atoms with Crippen LogP contribution >= 0.6 is 11.8 Å². The predicted molar refractivity (Wildman–Crippen MR) is 76.6 cm³/mol. The standard InChI is InChI=1S/C14H16N2O4S/c1-10(21-11-4-2-3-9-15-11)5-8-14(19)20-16-12(17)6-7-13(16)18/h2-4,9,12,17H,1,5-8H2. The molecule has 0 aliphatic carbocycles. The lowest BCUT2D eigenvalue weighted by Crippen LogP contribution is -2.35. The van der Waals surface area contributed by atoms with Crippen molar-refractivity contribution in [3.63, 3.8) is 0 Å². The Morgan fingerprint density at radius 1 is 1.52 bits per heavy atom. The molecule has 1 aliphatic heterocycles. The highest BCUT2D eigenvalue weighted by Crippen LogP contribution is 2.26. The quantitative estimate of drug-likeness (QED) is 0.808. The molecule has 2 heterocycles. The maximum Gasteiger partial charge on any atom is 0.333 e. The Bertz CT molecular complexity index is 535. The highest BCUT2D eigenvalue weighted by atomic mass is 32.2. The minimum absolute atomic E-state index is 0.0924. The summed E-state index contributed by atoms with van der Waals surface area (Å²) >= 11 is 1.39. The fourth-order valence-electron chi connectivity index (χ4n) is 1.76. The lowest BCUT2D eigenvalue weighted by atomic mass is 10.3. The van der Waals surface area contributed by atoms with E-state index in [0.29, 0.717) is 6.42 Å². The summed E-state index contributed by atoms with van der Waals surface area (Å²) < 4.78 is 0. The van der Waals surface area contributed by atoms with Crippen LogP contribution in [0.3, 0.4) is 0 Å². The molecule has 2 rings (SSSR count). The fraction of sp³-hybridized carbons (Fsp3) is 0.357. The SMILES string of the molecule is C=C(CCC(=O)ON1C(=O)CCC1O)Sc1ccccn1. The van der Waals surface area contributed by atoms with E-state index in [0.717, 1.165) is 15.0 Å². The first-order valence-corrected chi connectivity index (χ1v) is 7.35. The van der Waals surface area contributed by atoms with Gasteiger partial charge in [0.25, 0.3) is 5.91 Å². The van der Waals surface area contributed by atoms with Crippen molar-refractivity contribution >= 4 is 23.6 Å². The molecule has 1 aliphatic rings. The van der Waals surface area contributed by atoms with Crippen molar-refractivity contribution in [1.29, 1.82) is 0 Å². The van der Waals surface area contributed by atoms with Gasteiger partial charge in [-0.3, -0.25) is 4.79 Å².